The molecule has 0 aliphatic carbocycles. The second kappa shape index (κ2) is 17.1. The second-order valence-electron chi connectivity index (χ2n) is 15.1. The Morgan fingerprint density at radius 1 is 0.942 bits per heavy atom. The van der Waals surface area contributed by atoms with Crippen molar-refractivity contribution in [1.29, 1.82) is 0 Å². The molecule has 0 N–H and O–H groups in total. The largest absolute Gasteiger partial charge is 0.469 e. The Labute approximate surface area is 306 Å². The minimum absolute atomic E-state index is 0.0214. The number of carbonyl (C=O) groups excluding carboxylic acids is 3. The van der Waals surface area contributed by atoms with Gasteiger partial charge in [-0.15, -0.1) is 0 Å². The van der Waals surface area contributed by atoms with Crippen molar-refractivity contribution in [1.82, 2.24) is 24.7 Å². The predicted molar refractivity (Wildman–Crippen MR) is 192 cm³/mol. The van der Waals surface area contributed by atoms with Gasteiger partial charge < -0.3 is 33.5 Å². The van der Waals surface area contributed by atoms with Crippen LogP contribution in [0, 0.1) is 0 Å². The van der Waals surface area contributed by atoms with Gasteiger partial charge in [0.15, 0.2) is 0 Å². The first-order valence-corrected chi connectivity index (χ1v) is 18.7. The first kappa shape index (κ1) is 37.6. The molecule has 2 bridgehead atoms. The lowest BCUT2D eigenvalue weighted by molar-refractivity contribution is -0.141. The van der Waals surface area contributed by atoms with Gasteiger partial charge in [-0.2, -0.15) is 9.97 Å². The maximum absolute atomic E-state index is 13.2. The van der Waals surface area contributed by atoms with Gasteiger partial charge in [0, 0.05) is 44.4 Å². The van der Waals surface area contributed by atoms with E-state index in [0.29, 0.717) is 58.4 Å². The van der Waals surface area contributed by atoms with Gasteiger partial charge in [-0.1, -0.05) is 30.3 Å². The van der Waals surface area contributed by atoms with Crippen LogP contribution in [0.25, 0.3) is 0 Å². The van der Waals surface area contributed by atoms with E-state index in [-0.39, 0.29) is 49.3 Å². The number of methoxy groups -OCH3 is 1. The summed E-state index contributed by atoms with van der Waals surface area (Å²) in [7, 11) is 1.38. The van der Waals surface area contributed by atoms with Crippen molar-refractivity contribution in [3.63, 3.8) is 0 Å². The standard InChI is InChI=1S/C38H54N6O8/c1-38(2,3)52-37(47)44-28-13-14-29(44)23-43(22-28)34-31-15-19-42(36(46)51-25-27-10-6-5-7-11-27)24-32(31)39-35(40-34)50-26-30-12-8-17-41(30)18-9-20-49-21-16-33(45)48-4/h5-7,10-11,28-30H,8-9,12-26H2,1-4H3/t28?,29?,30-/m0/s1. The highest BCUT2D eigenvalue weighted by molar-refractivity contribution is 5.71. The van der Waals surface area contributed by atoms with E-state index in [1.165, 1.54) is 7.11 Å². The van der Waals surface area contributed by atoms with Gasteiger partial charge >= 0.3 is 24.2 Å². The summed E-state index contributed by atoms with van der Waals surface area (Å²) in [6, 6.07) is 10.2. The number of amides is 2. The van der Waals surface area contributed by atoms with Gasteiger partial charge in [-0.3, -0.25) is 14.6 Å². The summed E-state index contributed by atoms with van der Waals surface area (Å²) < 4.78 is 28.2. The molecular formula is C38H54N6O8. The Balaban J connectivity index is 1.14. The number of aromatic nitrogens is 2. The number of rotatable bonds is 13. The Hall–Kier alpha value is -4.17. The summed E-state index contributed by atoms with van der Waals surface area (Å²) in [5.74, 6) is 0.556. The Morgan fingerprint density at radius 2 is 1.71 bits per heavy atom. The van der Waals surface area contributed by atoms with Gasteiger partial charge in [-0.05, 0) is 71.4 Å². The average Bonchev–Trinajstić information content (AvgIpc) is 3.70. The molecule has 4 aliphatic heterocycles. The summed E-state index contributed by atoms with van der Waals surface area (Å²) in [4.78, 5) is 56.0. The van der Waals surface area contributed by atoms with Crippen LogP contribution < -0.4 is 9.64 Å². The van der Waals surface area contributed by atoms with Crippen LogP contribution in [0.15, 0.2) is 30.3 Å². The summed E-state index contributed by atoms with van der Waals surface area (Å²) in [5.41, 5.74) is 2.14. The molecule has 2 amide bonds. The fourth-order valence-electron chi connectivity index (χ4n) is 7.65. The lowest BCUT2D eigenvalue weighted by Gasteiger charge is -2.42. The van der Waals surface area contributed by atoms with E-state index < -0.39 is 5.60 Å². The van der Waals surface area contributed by atoms with Crippen LogP contribution in [-0.4, -0.2) is 126 Å². The number of benzene rings is 1. The SMILES string of the molecule is COC(=O)CCOCCCN1CCC[C@H]1COc1nc2c(c(N3CC4CCC(C3)N4C(=O)OC(C)(C)C)n1)CCN(C(=O)OCc1ccccc1)C2. The lowest BCUT2D eigenvalue weighted by atomic mass is 10.0. The number of fused-ring (bicyclic) bond motifs is 3. The first-order chi connectivity index (χ1) is 25.1. The van der Waals surface area contributed by atoms with E-state index in [2.05, 4.69) is 14.5 Å². The molecule has 1 aromatic heterocycles. The lowest BCUT2D eigenvalue weighted by Crippen LogP contribution is -2.57. The van der Waals surface area contributed by atoms with Crippen LogP contribution >= 0.6 is 0 Å². The zero-order valence-electron chi connectivity index (χ0n) is 31.1. The highest BCUT2D eigenvalue weighted by atomic mass is 16.6. The number of ether oxygens (including phenoxy) is 5. The van der Waals surface area contributed by atoms with Crippen molar-refractivity contribution < 1.29 is 38.1 Å². The minimum atomic E-state index is -0.561. The second-order valence-corrected chi connectivity index (χ2v) is 15.1. The van der Waals surface area contributed by atoms with Crippen molar-refractivity contribution >= 4 is 24.0 Å². The fraction of sp³-hybridized carbons (Fsp3) is 0.658. The normalized spacial score (nSPS) is 21.5. The molecule has 2 unspecified atom stereocenters. The van der Waals surface area contributed by atoms with Gasteiger partial charge in [0.1, 0.15) is 24.6 Å². The van der Waals surface area contributed by atoms with E-state index in [1.807, 2.05) is 56.0 Å². The molecule has 3 atom stereocenters. The number of carbonyl (C=O) groups is 3. The number of hydrogen-bond acceptors (Lipinski definition) is 12. The van der Waals surface area contributed by atoms with Crippen molar-refractivity contribution in [3.8, 4) is 6.01 Å². The van der Waals surface area contributed by atoms with E-state index in [9.17, 15) is 14.4 Å². The van der Waals surface area contributed by atoms with E-state index >= 15 is 0 Å². The topological polar surface area (TPSA) is 136 Å². The number of esters is 1. The predicted octanol–water partition coefficient (Wildman–Crippen LogP) is 4.57. The maximum atomic E-state index is 13.2. The molecular weight excluding hydrogens is 668 g/mol. The third-order valence-electron chi connectivity index (χ3n) is 10.2. The minimum Gasteiger partial charge on any atom is -0.469 e. The number of piperazine rings is 1. The van der Waals surface area contributed by atoms with Gasteiger partial charge in [0.25, 0.3) is 0 Å². The van der Waals surface area contributed by atoms with Gasteiger partial charge in [-0.25, -0.2) is 9.59 Å². The van der Waals surface area contributed by atoms with E-state index in [4.69, 9.17) is 28.9 Å². The van der Waals surface area contributed by atoms with E-state index in [1.54, 1.807) is 4.90 Å². The van der Waals surface area contributed by atoms with Crippen LogP contribution in [0.3, 0.4) is 0 Å². The fourth-order valence-corrected chi connectivity index (χ4v) is 7.65. The van der Waals surface area contributed by atoms with Crippen molar-refractivity contribution in [2.75, 3.05) is 64.6 Å². The highest BCUT2D eigenvalue weighted by Crippen LogP contribution is 2.37. The molecule has 14 nitrogen and oxygen atoms in total. The van der Waals surface area contributed by atoms with Crippen LogP contribution in [0.5, 0.6) is 6.01 Å². The zero-order valence-corrected chi connectivity index (χ0v) is 31.1. The Bertz CT molecular complexity index is 1520. The summed E-state index contributed by atoms with van der Waals surface area (Å²) in [6.45, 7) is 11.2. The molecule has 5 heterocycles. The number of anilines is 1. The maximum Gasteiger partial charge on any atom is 0.410 e. The van der Waals surface area contributed by atoms with Crippen molar-refractivity contribution in [2.24, 2.45) is 0 Å². The molecule has 2 aromatic rings. The monoisotopic (exact) mass is 722 g/mol. The number of hydrogen-bond donors (Lipinski definition) is 0. The molecule has 4 aliphatic rings. The van der Waals surface area contributed by atoms with Crippen LogP contribution in [-0.2, 0) is 43.3 Å². The van der Waals surface area contributed by atoms with Crippen molar-refractivity contribution in [2.45, 2.75) is 103 Å². The molecule has 3 fully saturated rings. The molecule has 3 saturated heterocycles. The molecule has 0 spiro atoms. The van der Waals surface area contributed by atoms with Gasteiger partial charge in [0.2, 0.25) is 0 Å². The Kier molecular flexibility index (Phi) is 12.4. The number of likely N-dealkylation sites (tertiary alicyclic amines) is 1. The van der Waals surface area contributed by atoms with E-state index in [0.717, 1.165) is 67.8 Å². The molecule has 6 rings (SSSR count). The van der Waals surface area contributed by atoms with Crippen LogP contribution in [0.1, 0.15) is 76.1 Å². The average molecular weight is 723 g/mol. The number of nitrogens with zero attached hydrogens (tertiary/aromatic N) is 6. The first-order valence-electron chi connectivity index (χ1n) is 18.7. The van der Waals surface area contributed by atoms with Gasteiger partial charge in [0.05, 0.1) is 44.5 Å². The Morgan fingerprint density at radius 3 is 2.44 bits per heavy atom. The molecule has 0 radical (unpaired) electrons. The molecule has 14 heteroatoms. The summed E-state index contributed by atoms with van der Waals surface area (Å²) in [6.07, 6.45) is 4.97. The smallest absolute Gasteiger partial charge is 0.410 e. The summed E-state index contributed by atoms with van der Waals surface area (Å²) >= 11 is 0. The molecule has 52 heavy (non-hydrogen) atoms. The third kappa shape index (κ3) is 9.62. The molecule has 1 aromatic carbocycles. The summed E-state index contributed by atoms with van der Waals surface area (Å²) in [5, 5.41) is 0. The van der Waals surface area contributed by atoms with Crippen molar-refractivity contribution in [3.05, 3.63) is 47.2 Å². The zero-order chi connectivity index (χ0) is 36.7. The molecule has 284 valence electrons. The van der Waals surface area contributed by atoms with Crippen LogP contribution in [0.2, 0.25) is 0 Å². The molecule has 0 saturated carbocycles. The third-order valence-corrected chi connectivity index (χ3v) is 10.2. The highest BCUT2D eigenvalue weighted by Gasteiger charge is 2.45. The quantitative estimate of drug-likeness (QED) is 0.163. The van der Waals surface area contributed by atoms with Crippen LogP contribution in [0.4, 0.5) is 15.4 Å².